The first-order chi connectivity index (χ1) is 10.5. The number of nitrogens with zero attached hydrogens (tertiary/aromatic N) is 1. The van der Waals surface area contributed by atoms with E-state index in [1.54, 1.807) is 13.8 Å². The summed E-state index contributed by atoms with van der Waals surface area (Å²) in [6, 6.07) is -0.174. The van der Waals surface area contributed by atoms with Crippen LogP contribution in [0.5, 0.6) is 0 Å². The van der Waals surface area contributed by atoms with Gasteiger partial charge in [-0.15, -0.1) is 0 Å². The quantitative estimate of drug-likeness (QED) is 0.666. The van der Waals surface area contributed by atoms with E-state index in [2.05, 4.69) is 0 Å². The molecule has 2 fully saturated rings. The molecule has 2 aliphatic rings. The Hall–Kier alpha value is -0.910. The molecule has 0 aromatic rings. The molecule has 0 aromatic heterocycles. The van der Waals surface area contributed by atoms with E-state index < -0.39 is 13.7 Å². The zero-order chi connectivity index (χ0) is 16.2. The summed E-state index contributed by atoms with van der Waals surface area (Å²) in [5.41, 5.74) is 0. The first kappa shape index (κ1) is 17.4. The van der Waals surface area contributed by atoms with Gasteiger partial charge in [-0.05, 0) is 33.1 Å². The maximum Gasteiger partial charge on any atom is 0.417 e. The van der Waals surface area contributed by atoms with Crippen LogP contribution in [0.2, 0.25) is 0 Å². The van der Waals surface area contributed by atoms with Gasteiger partial charge in [-0.25, -0.2) is 9.69 Å². The van der Waals surface area contributed by atoms with Crippen molar-refractivity contribution >= 4 is 19.6 Å². The van der Waals surface area contributed by atoms with E-state index >= 15 is 0 Å². The zero-order valence-electron chi connectivity index (χ0n) is 13.2. The molecule has 0 N–H and O–H groups in total. The van der Waals surface area contributed by atoms with Crippen LogP contribution in [-0.2, 0) is 23.1 Å². The van der Waals surface area contributed by atoms with Crippen LogP contribution in [0.15, 0.2) is 0 Å². The fourth-order valence-electron chi connectivity index (χ4n) is 3.03. The second-order valence-corrected chi connectivity index (χ2v) is 7.64. The van der Waals surface area contributed by atoms with Gasteiger partial charge in [-0.3, -0.25) is 9.36 Å². The van der Waals surface area contributed by atoms with Crippen LogP contribution < -0.4 is 0 Å². The summed E-state index contributed by atoms with van der Waals surface area (Å²) in [6.45, 7) is 3.94. The van der Waals surface area contributed by atoms with Gasteiger partial charge in [-0.1, -0.05) is 6.42 Å². The highest BCUT2D eigenvalue weighted by Crippen LogP contribution is 2.48. The van der Waals surface area contributed by atoms with E-state index in [9.17, 15) is 14.2 Å². The number of ether oxygens (including phenoxy) is 1. The molecule has 126 valence electrons. The lowest BCUT2D eigenvalue weighted by atomic mass is 9.92. The Morgan fingerprint density at radius 1 is 1.27 bits per heavy atom. The van der Waals surface area contributed by atoms with Crippen molar-refractivity contribution in [3.63, 3.8) is 0 Å². The molecule has 1 aliphatic heterocycles. The number of rotatable bonds is 7. The van der Waals surface area contributed by atoms with Crippen molar-refractivity contribution in [3.05, 3.63) is 0 Å². The van der Waals surface area contributed by atoms with E-state index in [1.165, 1.54) is 4.90 Å². The topological polar surface area (TPSA) is 82.1 Å². The fraction of sp³-hybridized carbons (Fsp3) is 0.857. The third kappa shape index (κ3) is 3.89. The number of amides is 2. The Morgan fingerprint density at radius 3 is 2.55 bits per heavy atom. The summed E-state index contributed by atoms with van der Waals surface area (Å²) in [6.07, 6.45) is 2.75. The number of imide groups is 1. The molecule has 22 heavy (non-hydrogen) atoms. The number of carbonyl (C=O) groups excluding carboxylic acids is 2. The van der Waals surface area contributed by atoms with Crippen molar-refractivity contribution in [1.29, 1.82) is 0 Å². The van der Waals surface area contributed by atoms with Crippen LogP contribution in [0.1, 0.15) is 46.0 Å². The van der Waals surface area contributed by atoms with Crippen molar-refractivity contribution in [2.24, 2.45) is 0 Å². The molecular formula is C14H24NO6P. The van der Waals surface area contributed by atoms with Crippen molar-refractivity contribution in [1.82, 2.24) is 4.90 Å². The minimum absolute atomic E-state index is 0.0192. The predicted molar refractivity (Wildman–Crippen MR) is 79.7 cm³/mol. The maximum atomic E-state index is 12.4. The minimum atomic E-state index is -3.27. The second-order valence-electron chi connectivity index (χ2n) is 5.46. The summed E-state index contributed by atoms with van der Waals surface area (Å²) < 4.78 is 28.0. The van der Waals surface area contributed by atoms with E-state index in [0.717, 1.165) is 25.7 Å². The van der Waals surface area contributed by atoms with Gasteiger partial charge in [0.1, 0.15) is 6.10 Å². The van der Waals surface area contributed by atoms with Gasteiger partial charge >= 0.3 is 13.7 Å². The molecule has 1 saturated heterocycles. The lowest BCUT2D eigenvalue weighted by molar-refractivity contribution is -0.129. The fourth-order valence-corrected chi connectivity index (χ4v) is 4.62. The third-order valence-corrected chi connectivity index (χ3v) is 6.04. The molecular weight excluding hydrogens is 309 g/mol. The van der Waals surface area contributed by atoms with Crippen molar-refractivity contribution in [2.45, 2.75) is 58.1 Å². The highest BCUT2D eigenvalue weighted by Gasteiger charge is 2.46. The Morgan fingerprint density at radius 2 is 1.91 bits per heavy atom. The highest BCUT2D eigenvalue weighted by molar-refractivity contribution is 7.53. The second kappa shape index (κ2) is 7.57. The Labute approximate surface area is 130 Å². The Balaban J connectivity index is 1.96. The monoisotopic (exact) mass is 333 g/mol. The van der Waals surface area contributed by atoms with Crippen molar-refractivity contribution < 1.29 is 27.9 Å². The Kier molecular flexibility index (Phi) is 6.01. The third-order valence-electron chi connectivity index (χ3n) is 3.97. The Bertz CT molecular complexity index is 458. The number of carbonyl (C=O) groups is 2. The molecule has 2 rings (SSSR count). The van der Waals surface area contributed by atoms with Crippen LogP contribution in [0, 0.1) is 0 Å². The summed E-state index contributed by atoms with van der Waals surface area (Å²) in [5, 5.41) is 0. The van der Waals surface area contributed by atoms with Crippen LogP contribution in [0.3, 0.4) is 0 Å². The maximum absolute atomic E-state index is 12.4. The standard InChI is InChI=1S/C14H24NO6P/c1-3-19-22(18,20-4-2)10-9-13(16)15-11-7-5-6-8-12(11)21-14(15)17/h11-12H,3-10H2,1-2H3/t11-,12-/m1/s1. The molecule has 0 radical (unpaired) electrons. The van der Waals surface area contributed by atoms with Gasteiger partial charge in [0, 0.05) is 6.42 Å². The number of fused-ring (bicyclic) bond motifs is 1. The molecule has 0 bridgehead atoms. The van der Waals surface area contributed by atoms with Gasteiger partial charge in [-0.2, -0.15) is 0 Å². The summed E-state index contributed by atoms with van der Waals surface area (Å²) in [7, 11) is -3.27. The van der Waals surface area contributed by atoms with E-state index in [1.807, 2.05) is 0 Å². The molecule has 2 amide bonds. The summed E-state index contributed by atoms with van der Waals surface area (Å²) >= 11 is 0. The predicted octanol–water partition coefficient (Wildman–Crippen LogP) is 2.93. The lowest BCUT2D eigenvalue weighted by Gasteiger charge is -2.27. The van der Waals surface area contributed by atoms with Crippen LogP contribution >= 0.6 is 7.60 Å². The number of hydrogen-bond acceptors (Lipinski definition) is 6. The molecule has 8 heteroatoms. The molecule has 0 spiro atoms. The van der Waals surface area contributed by atoms with Crippen molar-refractivity contribution in [2.75, 3.05) is 19.4 Å². The molecule has 0 unspecified atom stereocenters. The minimum Gasteiger partial charge on any atom is -0.444 e. The van der Waals surface area contributed by atoms with Gasteiger partial charge in [0.2, 0.25) is 5.91 Å². The van der Waals surface area contributed by atoms with E-state index in [-0.39, 0.29) is 43.8 Å². The average molecular weight is 333 g/mol. The molecule has 1 aliphatic carbocycles. The average Bonchev–Trinajstić information content (AvgIpc) is 2.81. The van der Waals surface area contributed by atoms with Gasteiger partial charge in [0.25, 0.3) is 0 Å². The normalized spacial score (nSPS) is 25.0. The smallest absolute Gasteiger partial charge is 0.417 e. The molecule has 2 atom stereocenters. The van der Waals surface area contributed by atoms with E-state index in [0.29, 0.717) is 0 Å². The molecule has 1 heterocycles. The van der Waals surface area contributed by atoms with Crippen LogP contribution in [0.4, 0.5) is 4.79 Å². The van der Waals surface area contributed by atoms with Crippen LogP contribution in [-0.4, -0.2) is 48.4 Å². The summed E-state index contributed by atoms with van der Waals surface area (Å²) in [5.74, 6) is -0.362. The van der Waals surface area contributed by atoms with Gasteiger partial charge in [0.15, 0.2) is 0 Å². The van der Waals surface area contributed by atoms with E-state index in [4.69, 9.17) is 13.8 Å². The zero-order valence-corrected chi connectivity index (χ0v) is 14.0. The molecule has 7 nitrogen and oxygen atoms in total. The van der Waals surface area contributed by atoms with Gasteiger partial charge < -0.3 is 13.8 Å². The lowest BCUT2D eigenvalue weighted by Crippen LogP contribution is -2.42. The first-order valence-electron chi connectivity index (χ1n) is 7.91. The summed E-state index contributed by atoms with van der Waals surface area (Å²) in [4.78, 5) is 25.5. The SMILES string of the molecule is CCOP(=O)(CCC(=O)N1C(=O)O[C@@H]2CCCC[C@H]21)OCC. The van der Waals surface area contributed by atoms with Crippen molar-refractivity contribution in [3.8, 4) is 0 Å². The van der Waals surface area contributed by atoms with Crippen LogP contribution in [0.25, 0.3) is 0 Å². The first-order valence-corrected chi connectivity index (χ1v) is 9.64. The number of hydrogen-bond donors (Lipinski definition) is 0. The molecule has 0 aromatic carbocycles. The largest absolute Gasteiger partial charge is 0.444 e. The van der Waals surface area contributed by atoms with Gasteiger partial charge in [0.05, 0.1) is 25.4 Å². The molecule has 1 saturated carbocycles. The highest BCUT2D eigenvalue weighted by atomic mass is 31.2.